The predicted molar refractivity (Wildman–Crippen MR) is 71.6 cm³/mol. The van der Waals surface area contributed by atoms with Crippen molar-refractivity contribution in [1.29, 1.82) is 0 Å². The molecule has 0 aliphatic rings. The number of carbonyl (C=O) groups excluding carboxylic acids is 2. The van der Waals surface area contributed by atoms with Gasteiger partial charge in [0.2, 0.25) is 5.78 Å². The second kappa shape index (κ2) is 8.74. The van der Waals surface area contributed by atoms with Gasteiger partial charge in [-0.25, -0.2) is 4.79 Å². The van der Waals surface area contributed by atoms with Gasteiger partial charge in [-0.2, -0.15) is 0 Å². The summed E-state index contributed by atoms with van der Waals surface area (Å²) in [6.45, 7) is 3.09. The van der Waals surface area contributed by atoms with Gasteiger partial charge in [0, 0.05) is 17.0 Å². The first-order valence-corrected chi connectivity index (χ1v) is 5.76. The van der Waals surface area contributed by atoms with Crippen LogP contribution in [-0.4, -0.2) is 18.4 Å². The van der Waals surface area contributed by atoms with Crippen LogP contribution >= 0.6 is 23.2 Å². The van der Waals surface area contributed by atoms with Crippen molar-refractivity contribution in [2.75, 3.05) is 12.0 Å². The lowest BCUT2D eigenvalue weighted by atomic mass is 10.3. The van der Waals surface area contributed by atoms with Crippen LogP contribution in [0.4, 0.5) is 5.69 Å². The summed E-state index contributed by atoms with van der Waals surface area (Å²) in [5.41, 5.74) is 3.15. The Bertz CT molecular complexity index is 404. The third-order valence-corrected chi connectivity index (χ3v) is 2.03. The quantitative estimate of drug-likeness (QED) is 0.387. The highest BCUT2D eigenvalue weighted by atomic mass is 35.5. The number of hydrogen-bond acceptors (Lipinski definition) is 5. The summed E-state index contributed by atoms with van der Waals surface area (Å²) in [6.07, 6.45) is 0. The van der Waals surface area contributed by atoms with Crippen molar-refractivity contribution in [3.63, 3.8) is 0 Å². The van der Waals surface area contributed by atoms with E-state index in [4.69, 9.17) is 29.0 Å². The molecule has 0 fully saturated rings. The van der Waals surface area contributed by atoms with Crippen molar-refractivity contribution in [2.45, 2.75) is 13.8 Å². The summed E-state index contributed by atoms with van der Waals surface area (Å²) in [7, 11) is 0. The smallest absolute Gasteiger partial charge is 0.374 e. The Kier molecular flexibility index (Phi) is 8.11. The molecular weight excluding hydrogens is 279 g/mol. The average molecular weight is 293 g/mol. The molecular formula is C11H14Cl2N2O3. The molecule has 0 saturated carbocycles. The number of ether oxygens (including phenoxy) is 1. The van der Waals surface area contributed by atoms with Gasteiger partial charge in [0.05, 0.1) is 12.3 Å². The van der Waals surface area contributed by atoms with Crippen LogP contribution in [0.1, 0.15) is 13.8 Å². The van der Waals surface area contributed by atoms with Crippen LogP contribution in [-0.2, 0) is 14.3 Å². The van der Waals surface area contributed by atoms with Gasteiger partial charge in [0.25, 0.3) is 0 Å². The summed E-state index contributed by atoms with van der Waals surface area (Å²) in [6, 6.07) is 5.02. The first kappa shape index (κ1) is 16.7. The number of hydrogen-bond donors (Lipinski definition) is 2. The zero-order chi connectivity index (χ0) is 14.1. The van der Waals surface area contributed by atoms with Crippen molar-refractivity contribution < 1.29 is 14.3 Å². The molecule has 0 bridgehead atoms. The fraction of sp³-hybridized carbons (Fsp3) is 0.273. The molecule has 100 valence electrons. The third kappa shape index (κ3) is 7.11. The summed E-state index contributed by atoms with van der Waals surface area (Å²) in [5.74, 6) is 3.81. The molecule has 0 atom stereocenters. The number of esters is 1. The normalized spacial score (nSPS) is 8.94. The molecule has 0 unspecified atom stereocenters. The van der Waals surface area contributed by atoms with Crippen molar-refractivity contribution in [3.05, 3.63) is 28.2 Å². The zero-order valence-electron chi connectivity index (χ0n) is 10.00. The molecule has 5 nitrogen and oxygen atoms in total. The Morgan fingerprint density at radius 1 is 1.28 bits per heavy atom. The van der Waals surface area contributed by atoms with Gasteiger partial charge in [-0.05, 0) is 25.1 Å². The maximum Gasteiger partial charge on any atom is 0.374 e. The number of benzene rings is 1. The van der Waals surface area contributed by atoms with Crippen molar-refractivity contribution in [1.82, 2.24) is 0 Å². The number of halogens is 2. The molecule has 1 aromatic carbocycles. The Morgan fingerprint density at radius 2 is 1.78 bits per heavy atom. The molecule has 3 N–H and O–H groups in total. The maximum atomic E-state index is 10.2. The number of anilines is 1. The predicted octanol–water partition coefficient (Wildman–Crippen LogP) is 2.42. The molecule has 18 heavy (non-hydrogen) atoms. The SMILES string of the molecule is CCOC(=O)C(C)=O.NNc1cc(Cl)cc(Cl)c1. The van der Waals surface area contributed by atoms with Gasteiger partial charge in [0.1, 0.15) is 0 Å². The summed E-state index contributed by atoms with van der Waals surface area (Å²) in [5, 5.41) is 1.14. The third-order valence-electron chi connectivity index (χ3n) is 1.59. The van der Waals surface area contributed by atoms with Gasteiger partial charge < -0.3 is 10.2 Å². The number of nitrogen functional groups attached to an aromatic ring is 1. The van der Waals surface area contributed by atoms with E-state index in [9.17, 15) is 9.59 Å². The van der Waals surface area contributed by atoms with Crippen LogP contribution in [0.15, 0.2) is 18.2 Å². The minimum atomic E-state index is -0.757. The Balaban J connectivity index is 0.000000331. The van der Waals surface area contributed by atoms with Crippen molar-refractivity contribution >= 4 is 40.6 Å². The molecule has 0 saturated heterocycles. The van der Waals surface area contributed by atoms with E-state index in [1.165, 1.54) is 6.92 Å². The fourth-order valence-corrected chi connectivity index (χ4v) is 1.40. The van der Waals surface area contributed by atoms with E-state index in [2.05, 4.69) is 10.2 Å². The first-order chi connectivity index (χ1) is 8.40. The van der Waals surface area contributed by atoms with Crippen LogP contribution in [0.5, 0.6) is 0 Å². The van der Waals surface area contributed by atoms with Crippen LogP contribution in [0.3, 0.4) is 0 Å². The monoisotopic (exact) mass is 292 g/mol. The minimum absolute atomic E-state index is 0.262. The highest BCUT2D eigenvalue weighted by Crippen LogP contribution is 2.21. The number of hydrazine groups is 1. The molecule has 0 radical (unpaired) electrons. The van der Waals surface area contributed by atoms with Gasteiger partial charge in [-0.15, -0.1) is 0 Å². The van der Waals surface area contributed by atoms with Crippen LogP contribution in [0, 0.1) is 0 Å². The largest absolute Gasteiger partial charge is 0.460 e. The molecule has 7 heteroatoms. The lowest BCUT2D eigenvalue weighted by Gasteiger charge is -1.99. The van der Waals surface area contributed by atoms with Gasteiger partial charge in [-0.3, -0.25) is 10.6 Å². The van der Waals surface area contributed by atoms with E-state index in [1.54, 1.807) is 25.1 Å². The van der Waals surface area contributed by atoms with Gasteiger partial charge >= 0.3 is 5.97 Å². The lowest BCUT2D eigenvalue weighted by Crippen LogP contribution is -2.12. The number of Topliss-reactive ketones (excluding diaryl/α,β-unsaturated/α-hetero) is 1. The average Bonchev–Trinajstić information content (AvgIpc) is 2.28. The number of nitrogens with one attached hydrogen (secondary N) is 1. The molecule has 0 spiro atoms. The second-order valence-electron chi connectivity index (χ2n) is 3.08. The molecule has 0 aliphatic carbocycles. The molecule has 0 aromatic heterocycles. The van der Waals surface area contributed by atoms with Gasteiger partial charge in [-0.1, -0.05) is 23.2 Å². The fourth-order valence-electron chi connectivity index (χ4n) is 0.870. The van der Waals surface area contributed by atoms with E-state index in [1.807, 2.05) is 0 Å². The summed E-state index contributed by atoms with van der Waals surface area (Å²) in [4.78, 5) is 20.2. The molecule has 0 heterocycles. The topological polar surface area (TPSA) is 81.4 Å². The van der Waals surface area contributed by atoms with Crippen LogP contribution in [0.25, 0.3) is 0 Å². The van der Waals surface area contributed by atoms with Crippen molar-refractivity contribution in [2.24, 2.45) is 5.84 Å². The highest BCUT2D eigenvalue weighted by Gasteiger charge is 2.05. The van der Waals surface area contributed by atoms with Gasteiger partial charge in [0.15, 0.2) is 0 Å². The lowest BCUT2D eigenvalue weighted by molar-refractivity contribution is -0.152. The Morgan fingerprint density at radius 3 is 2.06 bits per heavy atom. The maximum absolute atomic E-state index is 10.2. The standard InChI is InChI=1S/C6H6Cl2N2.C5H8O3/c7-4-1-5(8)3-6(2-4)10-9;1-3-8-5(7)4(2)6/h1-3,10H,9H2;3H2,1-2H3. The zero-order valence-corrected chi connectivity index (χ0v) is 11.5. The van der Waals surface area contributed by atoms with E-state index in [-0.39, 0.29) is 6.61 Å². The summed E-state index contributed by atoms with van der Waals surface area (Å²) < 4.78 is 4.31. The second-order valence-corrected chi connectivity index (χ2v) is 3.95. The van der Waals surface area contributed by atoms with E-state index in [0.29, 0.717) is 15.7 Å². The minimum Gasteiger partial charge on any atom is -0.460 e. The van der Waals surface area contributed by atoms with E-state index >= 15 is 0 Å². The number of rotatable bonds is 3. The van der Waals surface area contributed by atoms with E-state index < -0.39 is 11.8 Å². The number of carbonyl (C=O) groups is 2. The van der Waals surface area contributed by atoms with E-state index in [0.717, 1.165) is 0 Å². The highest BCUT2D eigenvalue weighted by molar-refractivity contribution is 6.35. The first-order valence-electron chi connectivity index (χ1n) is 5.01. The molecule has 1 rings (SSSR count). The number of ketones is 1. The Labute approximate surface area is 115 Å². The van der Waals surface area contributed by atoms with Crippen LogP contribution < -0.4 is 11.3 Å². The molecule has 0 amide bonds. The number of nitrogens with two attached hydrogens (primary N) is 1. The van der Waals surface area contributed by atoms with Crippen molar-refractivity contribution in [3.8, 4) is 0 Å². The molecule has 1 aromatic rings. The van der Waals surface area contributed by atoms with Crippen LogP contribution in [0.2, 0.25) is 10.0 Å². The Hall–Kier alpha value is -1.30. The molecule has 0 aliphatic heterocycles. The summed E-state index contributed by atoms with van der Waals surface area (Å²) >= 11 is 11.3.